The second-order valence-corrected chi connectivity index (χ2v) is 8.38. The third-order valence-corrected chi connectivity index (χ3v) is 6.30. The van der Waals surface area contributed by atoms with Crippen LogP contribution in [0.4, 0.5) is 15.2 Å². The number of rotatable bonds is 6. The van der Waals surface area contributed by atoms with Gasteiger partial charge >= 0.3 is 0 Å². The normalized spacial score (nSPS) is 11.7. The number of carbonyl (C=O) groups excluding carboxylic acids is 1. The van der Waals surface area contributed by atoms with Crippen LogP contribution in [-0.2, 0) is 0 Å². The van der Waals surface area contributed by atoms with E-state index in [1.54, 1.807) is 30.5 Å². The van der Waals surface area contributed by atoms with Crippen molar-refractivity contribution in [2.45, 2.75) is 19.9 Å². The van der Waals surface area contributed by atoms with Crippen LogP contribution in [0, 0.1) is 19.7 Å². The molecule has 1 amide bonds. The van der Waals surface area contributed by atoms with Gasteiger partial charge in [-0.25, -0.2) is 9.37 Å². The standard InChI is InChI=1S/C25H22FN3OS/c1-16-17(2)31-25(29-24(30)18-10-4-3-5-11-18)22(16)23(19-12-6-7-13-20(19)26)28-21-14-8-9-15-27-21/h3-15,23H,1-2H3,(H,27,28)(H,29,30). The minimum atomic E-state index is -0.521. The van der Waals surface area contributed by atoms with Crippen LogP contribution in [0.3, 0.4) is 0 Å². The van der Waals surface area contributed by atoms with E-state index in [1.807, 2.05) is 56.3 Å². The number of nitrogens with zero attached hydrogens (tertiary/aromatic N) is 1. The lowest BCUT2D eigenvalue weighted by molar-refractivity contribution is 0.102. The van der Waals surface area contributed by atoms with E-state index in [2.05, 4.69) is 15.6 Å². The van der Waals surface area contributed by atoms with Gasteiger partial charge in [-0.3, -0.25) is 4.79 Å². The Labute approximate surface area is 184 Å². The van der Waals surface area contributed by atoms with Crippen molar-refractivity contribution < 1.29 is 9.18 Å². The van der Waals surface area contributed by atoms with E-state index in [4.69, 9.17) is 0 Å². The average molecular weight is 432 g/mol. The number of anilines is 2. The van der Waals surface area contributed by atoms with Crippen molar-refractivity contribution in [1.82, 2.24) is 4.98 Å². The molecule has 2 aromatic carbocycles. The molecule has 2 aromatic heterocycles. The first-order valence-corrected chi connectivity index (χ1v) is 10.7. The summed E-state index contributed by atoms with van der Waals surface area (Å²) in [4.78, 5) is 18.3. The molecular weight excluding hydrogens is 409 g/mol. The van der Waals surface area contributed by atoms with Crippen molar-refractivity contribution in [1.29, 1.82) is 0 Å². The molecular formula is C25H22FN3OS. The summed E-state index contributed by atoms with van der Waals surface area (Å²) in [5.74, 6) is 0.104. The highest BCUT2D eigenvalue weighted by molar-refractivity contribution is 7.16. The Balaban J connectivity index is 1.79. The van der Waals surface area contributed by atoms with Crippen LogP contribution < -0.4 is 10.6 Å². The number of pyridine rings is 1. The number of hydrogen-bond donors (Lipinski definition) is 2. The summed E-state index contributed by atoms with van der Waals surface area (Å²) in [6, 6.07) is 20.7. The lowest BCUT2D eigenvalue weighted by Gasteiger charge is -2.22. The van der Waals surface area contributed by atoms with Gasteiger partial charge in [-0.2, -0.15) is 0 Å². The molecule has 0 aliphatic rings. The largest absolute Gasteiger partial charge is 0.359 e. The molecule has 1 atom stereocenters. The fourth-order valence-electron chi connectivity index (χ4n) is 3.46. The smallest absolute Gasteiger partial charge is 0.256 e. The maximum atomic E-state index is 14.9. The summed E-state index contributed by atoms with van der Waals surface area (Å²) in [7, 11) is 0. The molecule has 0 aliphatic carbocycles. The maximum absolute atomic E-state index is 14.9. The zero-order valence-corrected chi connectivity index (χ0v) is 18.0. The third-order valence-electron chi connectivity index (χ3n) is 5.16. The first kappa shape index (κ1) is 20.8. The second-order valence-electron chi connectivity index (χ2n) is 7.16. The van der Waals surface area contributed by atoms with Crippen molar-refractivity contribution in [2.75, 3.05) is 10.6 Å². The number of halogens is 1. The summed E-state index contributed by atoms with van der Waals surface area (Å²) in [6.07, 6.45) is 1.69. The molecule has 4 aromatic rings. The van der Waals surface area contributed by atoms with Gasteiger partial charge < -0.3 is 10.6 Å². The fourth-order valence-corrected chi connectivity index (χ4v) is 4.55. The van der Waals surface area contributed by atoms with E-state index in [0.717, 1.165) is 16.0 Å². The second kappa shape index (κ2) is 9.10. The lowest BCUT2D eigenvalue weighted by Crippen LogP contribution is -2.18. The van der Waals surface area contributed by atoms with Gasteiger partial charge in [-0.15, -0.1) is 11.3 Å². The number of aromatic nitrogens is 1. The Kier molecular flexibility index (Phi) is 6.09. The highest BCUT2D eigenvalue weighted by Gasteiger charge is 2.27. The molecule has 31 heavy (non-hydrogen) atoms. The van der Waals surface area contributed by atoms with Gasteiger partial charge in [-0.1, -0.05) is 42.5 Å². The van der Waals surface area contributed by atoms with Crippen LogP contribution in [0.15, 0.2) is 79.0 Å². The molecule has 0 saturated heterocycles. The highest BCUT2D eigenvalue weighted by Crippen LogP contribution is 2.41. The summed E-state index contributed by atoms with van der Waals surface area (Å²) >= 11 is 1.49. The van der Waals surface area contributed by atoms with Gasteiger partial charge in [0.1, 0.15) is 16.6 Å². The van der Waals surface area contributed by atoms with Crippen molar-refractivity contribution in [3.05, 3.63) is 112 Å². The Bertz CT molecular complexity index is 1190. The highest BCUT2D eigenvalue weighted by atomic mass is 32.1. The third kappa shape index (κ3) is 4.49. The molecule has 156 valence electrons. The monoisotopic (exact) mass is 431 g/mol. The van der Waals surface area contributed by atoms with Crippen LogP contribution in [0.1, 0.15) is 38.0 Å². The molecule has 1 unspecified atom stereocenters. The minimum absolute atomic E-state index is 0.201. The van der Waals surface area contributed by atoms with Crippen LogP contribution in [0.25, 0.3) is 0 Å². The van der Waals surface area contributed by atoms with Crippen LogP contribution in [0.2, 0.25) is 0 Å². The summed E-state index contributed by atoms with van der Waals surface area (Å²) < 4.78 is 14.9. The first-order chi connectivity index (χ1) is 15.0. The summed E-state index contributed by atoms with van der Waals surface area (Å²) in [5.41, 5.74) is 2.90. The first-order valence-electron chi connectivity index (χ1n) is 9.93. The van der Waals surface area contributed by atoms with E-state index in [0.29, 0.717) is 21.9 Å². The number of thiophene rings is 1. The van der Waals surface area contributed by atoms with Crippen molar-refractivity contribution in [3.8, 4) is 0 Å². The molecule has 2 heterocycles. The quantitative estimate of drug-likeness (QED) is 0.374. The van der Waals surface area contributed by atoms with Crippen LogP contribution in [-0.4, -0.2) is 10.9 Å². The molecule has 0 radical (unpaired) electrons. The zero-order valence-electron chi connectivity index (χ0n) is 17.2. The number of carbonyl (C=O) groups is 1. The number of benzene rings is 2. The van der Waals surface area contributed by atoms with E-state index in [9.17, 15) is 9.18 Å². The molecule has 2 N–H and O–H groups in total. The van der Waals surface area contributed by atoms with Gasteiger partial charge in [0.25, 0.3) is 5.91 Å². The van der Waals surface area contributed by atoms with E-state index in [-0.39, 0.29) is 11.7 Å². The van der Waals surface area contributed by atoms with Crippen molar-refractivity contribution >= 4 is 28.1 Å². The van der Waals surface area contributed by atoms with Crippen molar-refractivity contribution in [2.24, 2.45) is 0 Å². The molecule has 0 spiro atoms. The lowest BCUT2D eigenvalue weighted by atomic mass is 9.96. The molecule has 4 nitrogen and oxygen atoms in total. The Morgan fingerprint density at radius 2 is 1.68 bits per heavy atom. The van der Waals surface area contributed by atoms with E-state index in [1.165, 1.54) is 17.4 Å². The van der Waals surface area contributed by atoms with E-state index < -0.39 is 6.04 Å². The Morgan fingerprint density at radius 3 is 2.39 bits per heavy atom. The predicted octanol–water partition coefficient (Wildman–Crippen LogP) is 6.35. The summed E-state index contributed by atoms with van der Waals surface area (Å²) in [6.45, 7) is 3.99. The Hall–Kier alpha value is -3.51. The number of hydrogen-bond acceptors (Lipinski definition) is 4. The van der Waals surface area contributed by atoms with Gasteiger partial charge in [0.15, 0.2) is 0 Å². The molecule has 0 saturated carbocycles. The zero-order chi connectivity index (χ0) is 21.8. The van der Waals surface area contributed by atoms with Crippen LogP contribution >= 0.6 is 11.3 Å². The van der Waals surface area contributed by atoms with Gasteiger partial charge in [0.05, 0.1) is 6.04 Å². The Morgan fingerprint density at radius 1 is 0.968 bits per heavy atom. The molecule has 0 fully saturated rings. The predicted molar refractivity (Wildman–Crippen MR) is 124 cm³/mol. The van der Waals surface area contributed by atoms with Gasteiger partial charge in [0, 0.05) is 27.8 Å². The fraction of sp³-hybridized carbons (Fsp3) is 0.120. The van der Waals surface area contributed by atoms with Gasteiger partial charge in [-0.05, 0) is 49.7 Å². The minimum Gasteiger partial charge on any atom is -0.359 e. The summed E-state index contributed by atoms with van der Waals surface area (Å²) in [5, 5.41) is 7.10. The number of aryl methyl sites for hydroxylation is 1. The van der Waals surface area contributed by atoms with Crippen LogP contribution in [0.5, 0.6) is 0 Å². The molecule has 6 heteroatoms. The SMILES string of the molecule is Cc1sc(NC(=O)c2ccccc2)c(C(Nc2ccccn2)c2ccccc2F)c1C. The molecule has 4 rings (SSSR count). The topological polar surface area (TPSA) is 54.0 Å². The molecule has 0 aliphatic heterocycles. The average Bonchev–Trinajstić information content (AvgIpc) is 3.07. The molecule has 0 bridgehead atoms. The maximum Gasteiger partial charge on any atom is 0.256 e. The van der Waals surface area contributed by atoms with Crippen molar-refractivity contribution in [3.63, 3.8) is 0 Å². The van der Waals surface area contributed by atoms with Gasteiger partial charge in [0.2, 0.25) is 0 Å². The number of amides is 1. The number of nitrogens with one attached hydrogen (secondary N) is 2. The van der Waals surface area contributed by atoms with E-state index >= 15 is 0 Å².